The third-order valence-corrected chi connectivity index (χ3v) is 2.85. The zero-order valence-electron chi connectivity index (χ0n) is 14.6. The number of carbonyl (C=O) groups excluding carboxylic acids is 2. The highest BCUT2D eigenvalue weighted by Gasteiger charge is 2.23. The molecule has 0 saturated carbocycles. The molecule has 0 bridgehead atoms. The van der Waals surface area contributed by atoms with E-state index in [1.165, 1.54) is 14.0 Å². The van der Waals surface area contributed by atoms with Gasteiger partial charge in [-0.15, -0.1) is 0 Å². The van der Waals surface area contributed by atoms with Gasteiger partial charge in [0.25, 0.3) is 5.91 Å². The zero-order valence-corrected chi connectivity index (χ0v) is 14.6. The molecule has 0 spiro atoms. The zero-order chi connectivity index (χ0) is 17.6. The fraction of sp³-hybridized carbons (Fsp3) is 0.529. The number of rotatable bonds is 6. The van der Waals surface area contributed by atoms with E-state index in [0.29, 0.717) is 23.7 Å². The molecular weight excluding hydrogens is 298 g/mol. The fourth-order valence-electron chi connectivity index (χ4n) is 1.83. The number of hydrogen-bond donors (Lipinski definition) is 1. The van der Waals surface area contributed by atoms with Crippen LogP contribution in [0.1, 0.15) is 45.0 Å². The molecule has 0 saturated heterocycles. The summed E-state index contributed by atoms with van der Waals surface area (Å²) in [7, 11) is 1.52. The minimum atomic E-state index is -0.889. The summed E-state index contributed by atoms with van der Waals surface area (Å²) in [6.45, 7) is 9.39. The summed E-state index contributed by atoms with van der Waals surface area (Å²) in [5.41, 5.74) is -0.0929. The van der Waals surface area contributed by atoms with Gasteiger partial charge in [-0.2, -0.15) is 0 Å². The lowest BCUT2D eigenvalue weighted by Gasteiger charge is -2.23. The topological polar surface area (TPSA) is 73.9 Å². The van der Waals surface area contributed by atoms with E-state index >= 15 is 0 Å². The number of amides is 1. The normalized spacial score (nSPS) is 12.3. The number of hydrogen-bond acceptors (Lipinski definition) is 5. The van der Waals surface area contributed by atoms with Crippen molar-refractivity contribution < 1.29 is 23.8 Å². The first-order valence-corrected chi connectivity index (χ1v) is 7.51. The molecule has 6 nitrogen and oxygen atoms in total. The Hall–Kier alpha value is -2.24. The van der Waals surface area contributed by atoms with E-state index in [9.17, 15) is 9.59 Å². The molecule has 0 heterocycles. The summed E-state index contributed by atoms with van der Waals surface area (Å²) >= 11 is 0. The molecule has 0 unspecified atom stereocenters. The largest absolute Gasteiger partial charge is 0.493 e. The minimum Gasteiger partial charge on any atom is -0.493 e. The Balaban J connectivity index is 2.81. The Morgan fingerprint density at radius 3 is 2.39 bits per heavy atom. The van der Waals surface area contributed by atoms with E-state index in [1.54, 1.807) is 18.2 Å². The third-order valence-electron chi connectivity index (χ3n) is 2.85. The first kappa shape index (κ1) is 18.8. The molecule has 0 radical (unpaired) electrons. The highest BCUT2D eigenvalue weighted by atomic mass is 16.5. The molecule has 1 N–H and O–H groups in total. The SMILES string of the molecule is CCOc1cc(C(=O)O[C@H](C)C(=O)NC(C)(C)C)ccc1OC. The minimum absolute atomic E-state index is 0.296. The van der Waals surface area contributed by atoms with Crippen molar-refractivity contribution in [2.45, 2.75) is 46.3 Å². The molecule has 0 aliphatic carbocycles. The smallest absolute Gasteiger partial charge is 0.339 e. The van der Waals surface area contributed by atoms with E-state index in [2.05, 4.69) is 5.32 Å². The van der Waals surface area contributed by atoms with Crippen LogP contribution >= 0.6 is 0 Å². The van der Waals surface area contributed by atoms with Crippen LogP contribution < -0.4 is 14.8 Å². The van der Waals surface area contributed by atoms with E-state index in [-0.39, 0.29) is 11.4 Å². The molecule has 23 heavy (non-hydrogen) atoms. The fourth-order valence-corrected chi connectivity index (χ4v) is 1.83. The summed E-state index contributed by atoms with van der Waals surface area (Å²) in [4.78, 5) is 24.1. The lowest BCUT2D eigenvalue weighted by atomic mass is 10.1. The second-order valence-corrected chi connectivity index (χ2v) is 6.09. The van der Waals surface area contributed by atoms with Crippen LogP contribution in [0.4, 0.5) is 0 Å². The van der Waals surface area contributed by atoms with Gasteiger partial charge in [0.05, 0.1) is 19.3 Å². The van der Waals surface area contributed by atoms with Gasteiger partial charge in [0.1, 0.15) is 0 Å². The molecule has 0 aliphatic rings. The Bertz CT molecular complexity index is 563. The molecule has 1 atom stereocenters. The second kappa shape index (κ2) is 7.85. The van der Waals surface area contributed by atoms with E-state index in [0.717, 1.165) is 0 Å². The van der Waals surface area contributed by atoms with Gasteiger partial charge < -0.3 is 19.5 Å². The maximum absolute atomic E-state index is 12.2. The van der Waals surface area contributed by atoms with Crippen LogP contribution in [0.15, 0.2) is 18.2 Å². The molecule has 0 aliphatic heterocycles. The van der Waals surface area contributed by atoms with Crippen molar-refractivity contribution in [2.75, 3.05) is 13.7 Å². The highest BCUT2D eigenvalue weighted by Crippen LogP contribution is 2.28. The summed E-state index contributed by atoms with van der Waals surface area (Å²) in [5.74, 6) is 0.0488. The van der Waals surface area contributed by atoms with E-state index < -0.39 is 12.1 Å². The molecule has 128 valence electrons. The van der Waals surface area contributed by atoms with Crippen molar-refractivity contribution in [2.24, 2.45) is 0 Å². The van der Waals surface area contributed by atoms with Crippen molar-refractivity contribution in [1.82, 2.24) is 5.32 Å². The van der Waals surface area contributed by atoms with E-state index in [4.69, 9.17) is 14.2 Å². The van der Waals surface area contributed by atoms with Crippen molar-refractivity contribution in [3.8, 4) is 11.5 Å². The summed E-state index contributed by atoms with van der Waals surface area (Å²) in [6, 6.07) is 4.73. The van der Waals surface area contributed by atoms with E-state index in [1.807, 2.05) is 27.7 Å². The standard InChI is InChI=1S/C17H25NO5/c1-7-22-14-10-12(8-9-13(14)21-6)16(20)23-11(2)15(19)18-17(3,4)5/h8-11H,7H2,1-6H3,(H,18,19)/t11-/m1/s1. The molecule has 1 aromatic rings. The first-order valence-electron chi connectivity index (χ1n) is 7.51. The predicted octanol–water partition coefficient (Wildman–Crippen LogP) is 2.55. The number of ether oxygens (including phenoxy) is 3. The van der Waals surface area contributed by atoms with Gasteiger partial charge >= 0.3 is 5.97 Å². The van der Waals surface area contributed by atoms with Gasteiger partial charge in [-0.1, -0.05) is 0 Å². The van der Waals surface area contributed by atoms with Crippen molar-refractivity contribution in [3.63, 3.8) is 0 Å². The highest BCUT2D eigenvalue weighted by molar-refractivity contribution is 5.93. The Morgan fingerprint density at radius 2 is 1.87 bits per heavy atom. The van der Waals surface area contributed by atoms with Crippen molar-refractivity contribution in [3.05, 3.63) is 23.8 Å². The number of methoxy groups -OCH3 is 1. The summed E-state index contributed by atoms with van der Waals surface area (Å²) in [5, 5.41) is 2.76. The van der Waals surface area contributed by atoms with Gasteiger partial charge in [-0.05, 0) is 52.8 Å². The second-order valence-electron chi connectivity index (χ2n) is 6.09. The van der Waals surface area contributed by atoms with Crippen LogP contribution in [-0.2, 0) is 9.53 Å². The van der Waals surface area contributed by atoms with Crippen LogP contribution in [0, 0.1) is 0 Å². The first-order chi connectivity index (χ1) is 10.7. The van der Waals surface area contributed by atoms with Gasteiger partial charge in [0.2, 0.25) is 0 Å². The maximum Gasteiger partial charge on any atom is 0.339 e. The number of carbonyl (C=O) groups is 2. The summed E-state index contributed by atoms with van der Waals surface area (Å²) < 4.78 is 15.8. The third kappa shape index (κ3) is 5.81. The number of nitrogens with one attached hydrogen (secondary N) is 1. The molecule has 0 aromatic heterocycles. The Labute approximate surface area is 137 Å². The van der Waals surface area contributed by atoms with Gasteiger partial charge in [0, 0.05) is 5.54 Å². The van der Waals surface area contributed by atoms with Crippen LogP contribution in [0.5, 0.6) is 11.5 Å². The Morgan fingerprint density at radius 1 is 1.22 bits per heavy atom. The average molecular weight is 323 g/mol. The molecular formula is C17H25NO5. The maximum atomic E-state index is 12.2. The quantitative estimate of drug-likeness (QED) is 0.814. The number of esters is 1. The molecule has 6 heteroatoms. The van der Waals surface area contributed by atoms with Crippen LogP contribution in [0.3, 0.4) is 0 Å². The average Bonchev–Trinajstić information content (AvgIpc) is 2.45. The molecule has 1 rings (SSSR count). The Kier molecular flexibility index (Phi) is 6.42. The molecule has 1 amide bonds. The predicted molar refractivity (Wildman–Crippen MR) is 86.9 cm³/mol. The van der Waals surface area contributed by atoms with Gasteiger partial charge in [0.15, 0.2) is 17.6 Å². The number of benzene rings is 1. The molecule has 0 fully saturated rings. The van der Waals surface area contributed by atoms with Crippen molar-refractivity contribution >= 4 is 11.9 Å². The van der Waals surface area contributed by atoms with Crippen LogP contribution in [0.25, 0.3) is 0 Å². The van der Waals surface area contributed by atoms with Gasteiger partial charge in [-0.25, -0.2) is 4.79 Å². The van der Waals surface area contributed by atoms with Crippen molar-refractivity contribution in [1.29, 1.82) is 0 Å². The van der Waals surface area contributed by atoms with Crippen LogP contribution in [-0.4, -0.2) is 37.2 Å². The molecule has 1 aromatic carbocycles. The lowest BCUT2D eigenvalue weighted by molar-refractivity contribution is -0.130. The summed E-state index contributed by atoms with van der Waals surface area (Å²) in [6.07, 6.45) is -0.889. The lowest BCUT2D eigenvalue weighted by Crippen LogP contribution is -2.46. The van der Waals surface area contributed by atoms with Crippen LogP contribution in [0.2, 0.25) is 0 Å². The van der Waals surface area contributed by atoms with Gasteiger partial charge in [-0.3, -0.25) is 4.79 Å². The monoisotopic (exact) mass is 323 g/mol.